The maximum Gasteiger partial charge on any atom is 0.295 e. The van der Waals surface area contributed by atoms with Crippen LogP contribution in [0.4, 0.5) is 0 Å². The lowest BCUT2D eigenvalue weighted by Crippen LogP contribution is -2.29. The Morgan fingerprint density at radius 3 is 2.03 bits per heavy atom. The highest BCUT2D eigenvalue weighted by Crippen LogP contribution is 2.31. The first kappa shape index (κ1) is 22.3. The summed E-state index contributed by atoms with van der Waals surface area (Å²) in [5.41, 5.74) is 1.56. The summed E-state index contributed by atoms with van der Waals surface area (Å²) in [7, 11) is 0. The maximum absolute atomic E-state index is 13.2. The number of rotatable bonds is 6. The van der Waals surface area contributed by atoms with Crippen molar-refractivity contribution in [2.75, 3.05) is 0 Å². The highest BCUT2D eigenvalue weighted by molar-refractivity contribution is 7.98. The second-order valence-corrected chi connectivity index (χ2v) is 9.04. The molecule has 158 valence electrons. The predicted molar refractivity (Wildman–Crippen MR) is 129 cm³/mol. The Balaban J connectivity index is 1.72. The smallest absolute Gasteiger partial charge is 0.295 e. The molecule has 0 bridgehead atoms. The van der Waals surface area contributed by atoms with Crippen LogP contribution in [0.3, 0.4) is 0 Å². The standard InChI is InChI=1S/C22H14Cl4N2O2S/c23-16-6-3-7-17(24)14(16)11-30-28-21(29)13-5-1-2-10-20(13)27-22(28)31-12-15-18(25)8-4-9-19(15)26/h1-10H,11-12H2. The van der Waals surface area contributed by atoms with Gasteiger partial charge in [-0.1, -0.05) is 82.4 Å². The summed E-state index contributed by atoms with van der Waals surface area (Å²) in [6.07, 6.45) is 0. The molecular weight excluding hydrogens is 498 g/mol. The third-order valence-electron chi connectivity index (χ3n) is 4.52. The number of aromatic nitrogens is 2. The Hall–Kier alpha value is -1.89. The Kier molecular flexibility index (Phi) is 6.99. The third kappa shape index (κ3) is 4.81. The van der Waals surface area contributed by atoms with Crippen LogP contribution in [0.15, 0.2) is 70.6 Å². The molecule has 4 rings (SSSR count). The van der Waals surface area contributed by atoms with E-state index in [0.29, 0.717) is 47.5 Å². The van der Waals surface area contributed by atoms with E-state index in [1.165, 1.54) is 11.8 Å². The van der Waals surface area contributed by atoms with Gasteiger partial charge in [-0.05, 0) is 42.0 Å². The van der Waals surface area contributed by atoms with E-state index in [0.717, 1.165) is 10.3 Å². The fourth-order valence-corrected chi connectivity index (χ4v) is 5.10. The van der Waals surface area contributed by atoms with Gasteiger partial charge in [0.15, 0.2) is 0 Å². The molecule has 0 fully saturated rings. The summed E-state index contributed by atoms with van der Waals surface area (Å²) in [6, 6.07) is 17.5. The average Bonchev–Trinajstić information content (AvgIpc) is 2.74. The first-order chi connectivity index (χ1) is 15.0. The molecule has 0 spiro atoms. The van der Waals surface area contributed by atoms with Gasteiger partial charge in [0.1, 0.15) is 6.61 Å². The van der Waals surface area contributed by atoms with Crippen LogP contribution in [0.5, 0.6) is 0 Å². The van der Waals surface area contributed by atoms with E-state index in [-0.39, 0.29) is 12.2 Å². The minimum Gasteiger partial charge on any atom is -0.403 e. The van der Waals surface area contributed by atoms with Crippen molar-refractivity contribution in [2.45, 2.75) is 17.5 Å². The van der Waals surface area contributed by atoms with E-state index >= 15 is 0 Å². The van der Waals surface area contributed by atoms with Gasteiger partial charge in [-0.3, -0.25) is 4.79 Å². The van der Waals surface area contributed by atoms with Crippen molar-refractivity contribution in [1.29, 1.82) is 0 Å². The lowest BCUT2D eigenvalue weighted by atomic mass is 10.2. The molecule has 0 aliphatic rings. The molecule has 0 aliphatic heterocycles. The highest BCUT2D eigenvalue weighted by atomic mass is 35.5. The number of nitrogens with zero attached hydrogens (tertiary/aromatic N) is 2. The lowest BCUT2D eigenvalue weighted by molar-refractivity contribution is 0.0683. The zero-order chi connectivity index (χ0) is 22.0. The third-order valence-corrected chi connectivity index (χ3v) is 6.88. The fraction of sp³-hybridized carbons (Fsp3) is 0.0909. The Morgan fingerprint density at radius 1 is 0.806 bits per heavy atom. The molecule has 1 aromatic heterocycles. The normalized spacial score (nSPS) is 11.1. The van der Waals surface area contributed by atoms with Crippen LogP contribution in [-0.4, -0.2) is 9.71 Å². The number of para-hydroxylation sites is 1. The Morgan fingerprint density at radius 2 is 1.39 bits per heavy atom. The summed E-state index contributed by atoms with van der Waals surface area (Å²) in [5, 5.41) is 2.78. The van der Waals surface area contributed by atoms with Crippen LogP contribution in [0.25, 0.3) is 10.9 Å². The Labute approximate surface area is 202 Å². The van der Waals surface area contributed by atoms with E-state index in [9.17, 15) is 4.79 Å². The molecule has 0 aliphatic carbocycles. The molecule has 0 N–H and O–H groups in total. The van der Waals surface area contributed by atoms with Crippen molar-refractivity contribution in [3.63, 3.8) is 0 Å². The molecule has 1 heterocycles. The van der Waals surface area contributed by atoms with Crippen LogP contribution in [0.1, 0.15) is 11.1 Å². The summed E-state index contributed by atoms with van der Waals surface area (Å²) >= 11 is 26.4. The molecule has 0 atom stereocenters. The average molecular weight is 512 g/mol. The minimum absolute atomic E-state index is 0.00115. The second kappa shape index (κ2) is 9.72. The number of hydrogen-bond acceptors (Lipinski definition) is 4. The van der Waals surface area contributed by atoms with E-state index in [2.05, 4.69) is 4.98 Å². The summed E-state index contributed by atoms with van der Waals surface area (Å²) in [4.78, 5) is 23.6. The molecule has 0 radical (unpaired) electrons. The number of hydrogen-bond donors (Lipinski definition) is 0. The molecule has 4 nitrogen and oxygen atoms in total. The van der Waals surface area contributed by atoms with Gasteiger partial charge in [-0.25, -0.2) is 4.98 Å². The van der Waals surface area contributed by atoms with Gasteiger partial charge in [0.2, 0.25) is 5.16 Å². The van der Waals surface area contributed by atoms with Crippen LogP contribution in [-0.2, 0) is 12.4 Å². The van der Waals surface area contributed by atoms with Gasteiger partial charge >= 0.3 is 0 Å². The molecule has 0 saturated carbocycles. The molecule has 9 heteroatoms. The summed E-state index contributed by atoms with van der Waals surface area (Å²) in [5.74, 6) is 0.402. The molecule has 4 aromatic rings. The van der Waals surface area contributed by atoms with Gasteiger partial charge in [0, 0.05) is 31.4 Å². The molecule has 31 heavy (non-hydrogen) atoms. The van der Waals surface area contributed by atoms with Crippen LogP contribution in [0.2, 0.25) is 20.1 Å². The number of halogens is 4. The van der Waals surface area contributed by atoms with Crippen molar-refractivity contribution < 1.29 is 4.84 Å². The number of thioether (sulfide) groups is 1. The molecular formula is C22H14Cl4N2O2S. The summed E-state index contributed by atoms with van der Waals surface area (Å²) < 4.78 is 1.16. The predicted octanol–water partition coefficient (Wildman–Crippen LogP) is 6.93. The zero-order valence-electron chi connectivity index (χ0n) is 15.8. The van der Waals surface area contributed by atoms with Gasteiger partial charge in [0.25, 0.3) is 5.56 Å². The van der Waals surface area contributed by atoms with Crippen molar-refractivity contribution >= 4 is 69.1 Å². The SMILES string of the molecule is O=c1c2ccccc2nc(SCc2c(Cl)cccc2Cl)n1OCc1c(Cl)cccc1Cl. The largest absolute Gasteiger partial charge is 0.403 e. The van der Waals surface area contributed by atoms with E-state index < -0.39 is 0 Å². The minimum atomic E-state index is -0.332. The van der Waals surface area contributed by atoms with Gasteiger partial charge in [0.05, 0.1) is 10.9 Å². The summed E-state index contributed by atoms with van der Waals surface area (Å²) in [6.45, 7) is -0.00115. The molecule has 0 unspecified atom stereocenters. The lowest BCUT2D eigenvalue weighted by Gasteiger charge is -2.15. The highest BCUT2D eigenvalue weighted by Gasteiger charge is 2.16. The molecule has 0 saturated heterocycles. The fourth-order valence-electron chi connectivity index (χ4n) is 2.91. The quantitative estimate of drug-likeness (QED) is 0.208. The maximum atomic E-state index is 13.2. The van der Waals surface area contributed by atoms with E-state index in [4.69, 9.17) is 51.2 Å². The first-order valence-electron chi connectivity index (χ1n) is 9.09. The van der Waals surface area contributed by atoms with Crippen LogP contribution < -0.4 is 10.4 Å². The molecule has 3 aromatic carbocycles. The monoisotopic (exact) mass is 510 g/mol. The Bertz CT molecular complexity index is 1290. The number of benzene rings is 3. The topological polar surface area (TPSA) is 44.1 Å². The van der Waals surface area contributed by atoms with Crippen LogP contribution in [0, 0.1) is 0 Å². The van der Waals surface area contributed by atoms with Crippen molar-refractivity contribution in [2.24, 2.45) is 0 Å². The number of fused-ring (bicyclic) bond motifs is 1. The molecule has 0 amide bonds. The van der Waals surface area contributed by atoms with Gasteiger partial charge in [-0.2, -0.15) is 0 Å². The van der Waals surface area contributed by atoms with Crippen LogP contribution >= 0.6 is 58.2 Å². The van der Waals surface area contributed by atoms with E-state index in [1.807, 2.05) is 6.07 Å². The van der Waals surface area contributed by atoms with E-state index in [1.54, 1.807) is 54.6 Å². The first-order valence-corrected chi connectivity index (χ1v) is 11.6. The van der Waals surface area contributed by atoms with Gasteiger partial charge < -0.3 is 4.84 Å². The van der Waals surface area contributed by atoms with Crippen molar-refractivity contribution in [1.82, 2.24) is 9.71 Å². The van der Waals surface area contributed by atoms with Crippen molar-refractivity contribution in [3.05, 3.63) is 102 Å². The zero-order valence-corrected chi connectivity index (χ0v) is 19.7. The van der Waals surface area contributed by atoms with Crippen molar-refractivity contribution in [3.8, 4) is 0 Å². The second-order valence-electron chi connectivity index (χ2n) is 6.47. The van der Waals surface area contributed by atoms with Gasteiger partial charge in [-0.15, -0.1) is 4.73 Å².